The Morgan fingerprint density at radius 3 is 2.74 bits per heavy atom. The van der Waals surface area contributed by atoms with Crippen LogP contribution in [0.25, 0.3) is 0 Å². The molecule has 0 bridgehead atoms. The maximum Gasteiger partial charge on any atom is 0.226 e. The first-order valence-corrected chi connectivity index (χ1v) is 6.55. The third kappa shape index (κ3) is 3.24. The van der Waals surface area contributed by atoms with Gasteiger partial charge in [-0.15, -0.1) is 0 Å². The van der Waals surface area contributed by atoms with Crippen LogP contribution in [0.2, 0.25) is 0 Å². The molecule has 2 rings (SSSR count). The lowest BCUT2D eigenvalue weighted by atomic mass is 10.2. The van der Waals surface area contributed by atoms with Crippen LogP contribution < -0.4 is 11.5 Å². The molecule has 7 heteroatoms. The molecule has 4 N–H and O–H groups in total. The monoisotopic (exact) mass is 325 g/mol. The maximum atomic E-state index is 5.82. The van der Waals surface area contributed by atoms with E-state index in [1.807, 2.05) is 38.1 Å². The zero-order chi connectivity index (χ0) is 14.0. The number of aliphatic imine (C=N–C) groups is 2. The van der Waals surface area contributed by atoms with E-state index in [-0.39, 0.29) is 11.9 Å². The van der Waals surface area contributed by atoms with E-state index in [2.05, 4.69) is 25.9 Å². The van der Waals surface area contributed by atoms with Gasteiger partial charge in [0, 0.05) is 4.47 Å². The molecule has 0 fully saturated rings. The van der Waals surface area contributed by atoms with Crippen LogP contribution in [-0.2, 0) is 11.4 Å². The molecule has 0 saturated carbocycles. The van der Waals surface area contributed by atoms with Crippen LogP contribution in [0.5, 0.6) is 0 Å². The van der Waals surface area contributed by atoms with E-state index in [1.54, 1.807) is 0 Å². The fourth-order valence-electron chi connectivity index (χ4n) is 1.78. The molecular weight excluding hydrogens is 310 g/mol. The van der Waals surface area contributed by atoms with Gasteiger partial charge in [-0.25, -0.2) is 4.99 Å². The van der Waals surface area contributed by atoms with Gasteiger partial charge in [0.15, 0.2) is 5.66 Å². The topological polar surface area (TPSA) is 89.2 Å². The van der Waals surface area contributed by atoms with Crippen molar-refractivity contribution < 1.29 is 4.84 Å². The fraction of sp³-hybridized carbons (Fsp3) is 0.333. The van der Waals surface area contributed by atoms with Gasteiger partial charge >= 0.3 is 0 Å². The summed E-state index contributed by atoms with van der Waals surface area (Å²) in [4.78, 5) is 13.8. The average Bonchev–Trinajstić information content (AvgIpc) is 2.26. The highest BCUT2D eigenvalue weighted by atomic mass is 79.9. The molecule has 0 saturated heterocycles. The number of rotatable bonds is 3. The highest BCUT2D eigenvalue weighted by molar-refractivity contribution is 9.10. The number of hydrogen-bond donors (Lipinski definition) is 2. The minimum absolute atomic E-state index is 0.157. The molecule has 1 aromatic carbocycles. The van der Waals surface area contributed by atoms with Crippen LogP contribution in [0.3, 0.4) is 0 Å². The molecule has 1 heterocycles. The van der Waals surface area contributed by atoms with E-state index in [1.165, 1.54) is 5.06 Å². The van der Waals surface area contributed by atoms with Gasteiger partial charge in [0.25, 0.3) is 0 Å². The van der Waals surface area contributed by atoms with Gasteiger partial charge < -0.3 is 11.5 Å². The smallest absolute Gasteiger partial charge is 0.226 e. The summed E-state index contributed by atoms with van der Waals surface area (Å²) in [7, 11) is 0. The molecule has 0 unspecified atom stereocenters. The normalized spacial score (nSPS) is 17.9. The number of benzene rings is 1. The van der Waals surface area contributed by atoms with Crippen molar-refractivity contribution in [1.82, 2.24) is 5.06 Å². The molecule has 1 aliphatic heterocycles. The lowest BCUT2D eigenvalue weighted by Gasteiger charge is -2.36. The van der Waals surface area contributed by atoms with Crippen molar-refractivity contribution in [2.45, 2.75) is 26.1 Å². The molecule has 1 aromatic rings. The number of hydroxylamine groups is 2. The Labute approximate surface area is 120 Å². The summed E-state index contributed by atoms with van der Waals surface area (Å²) in [5.41, 5.74) is 11.7. The van der Waals surface area contributed by atoms with Gasteiger partial charge in [0.2, 0.25) is 11.9 Å². The number of nitrogens with two attached hydrogens (primary N) is 2. The lowest BCUT2D eigenvalue weighted by molar-refractivity contribution is -0.166. The number of halogens is 1. The molecule has 0 amide bonds. The summed E-state index contributed by atoms with van der Waals surface area (Å²) in [6, 6.07) is 7.83. The molecule has 102 valence electrons. The minimum Gasteiger partial charge on any atom is -0.368 e. The van der Waals surface area contributed by atoms with E-state index in [9.17, 15) is 0 Å². The highest BCUT2D eigenvalue weighted by Gasteiger charge is 2.33. The van der Waals surface area contributed by atoms with E-state index in [0.29, 0.717) is 6.61 Å². The zero-order valence-corrected chi connectivity index (χ0v) is 12.4. The maximum absolute atomic E-state index is 5.82. The quantitative estimate of drug-likeness (QED) is 0.882. The van der Waals surface area contributed by atoms with Crippen LogP contribution >= 0.6 is 15.9 Å². The molecular formula is C12H16BrN5O. The van der Waals surface area contributed by atoms with Crippen molar-refractivity contribution in [2.24, 2.45) is 21.5 Å². The Bertz CT molecular complexity index is 541. The van der Waals surface area contributed by atoms with Gasteiger partial charge in [0.1, 0.15) is 6.61 Å². The molecule has 0 spiro atoms. The van der Waals surface area contributed by atoms with Gasteiger partial charge in [0.05, 0.1) is 0 Å². The van der Waals surface area contributed by atoms with Gasteiger partial charge in [-0.3, -0.25) is 4.84 Å². The third-order valence-electron chi connectivity index (χ3n) is 2.57. The van der Waals surface area contributed by atoms with Crippen molar-refractivity contribution in [1.29, 1.82) is 0 Å². The Balaban J connectivity index is 2.09. The largest absolute Gasteiger partial charge is 0.368 e. The molecule has 1 aliphatic rings. The Hall–Kier alpha value is -1.60. The summed E-state index contributed by atoms with van der Waals surface area (Å²) in [5, 5.41) is 1.46. The number of guanidine groups is 2. The molecule has 19 heavy (non-hydrogen) atoms. The van der Waals surface area contributed by atoms with Crippen LogP contribution in [0, 0.1) is 0 Å². The average molecular weight is 326 g/mol. The first kappa shape index (κ1) is 13.8. The second kappa shape index (κ2) is 5.18. The summed E-state index contributed by atoms with van der Waals surface area (Å²) < 4.78 is 0.996. The Morgan fingerprint density at radius 1 is 1.37 bits per heavy atom. The number of nitrogens with zero attached hydrogens (tertiary/aromatic N) is 3. The predicted octanol–water partition coefficient (Wildman–Crippen LogP) is 1.56. The third-order valence-corrected chi connectivity index (χ3v) is 3.06. The second-order valence-corrected chi connectivity index (χ2v) is 5.55. The highest BCUT2D eigenvalue weighted by Crippen LogP contribution is 2.21. The van der Waals surface area contributed by atoms with Crippen molar-refractivity contribution in [3.8, 4) is 0 Å². The first-order chi connectivity index (χ1) is 8.88. The van der Waals surface area contributed by atoms with E-state index in [0.717, 1.165) is 10.0 Å². The zero-order valence-electron chi connectivity index (χ0n) is 10.8. The van der Waals surface area contributed by atoms with Crippen molar-refractivity contribution in [2.75, 3.05) is 0 Å². The van der Waals surface area contributed by atoms with Crippen molar-refractivity contribution >= 4 is 27.8 Å². The second-order valence-electron chi connectivity index (χ2n) is 4.63. The van der Waals surface area contributed by atoms with Gasteiger partial charge in [-0.2, -0.15) is 10.1 Å². The minimum atomic E-state index is -0.679. The van der Waals surface area contributed by atoms with E-state index in [4.69, 9.17) is 16.3 Å². The van der Waals surface area contributed by atoms with E-state index >= 15 is 0 Å². The lowest BCUT2D eigenvalue weighted by Crippen LogP contribution is -2.53. The van der Waals surface area contributed by atoms with Crippen LogP contribution in [-0.4, -0.2) is 22.6 Å². The fourth-order valence-corrected chi connectivity index (χ4v) is 2.23. The molecule has 0 atom stereocenters. The Kier molecular flexibility index (Phi) is 3.77. The molecule has 0 aliphatic carbocycles. The molecule has 0 radical (unpaired) electrons. The number of hydrogen-bond acceptors (Lipinski definition) is 6. The SMILES string of the molecule is CC1(C)N=C(N)N=C(N)N1OCc1cccc(Br)c1. The summed E-state index contributed by atoms with van der Waals surface area (Å²) in [6.07, 6.45) is 0. The standard InChI is InChI=1S/C12H16BrN5O/c1-12(2)17-10(14)16-11(15)18(12)19-7-8-4-3-5-9(13)6-8/h3-6H,7H2,1-2H3,(H4,14,15,16,17). The molecule has 6 nitrogen and oxygen atoms in total. The van der Waals surface area contributed by atoms with Crippen LogP contribution in [0.1, 0.15) is 19.4 Å². The van der Waals surface area contributed by atoms with Gasteiger partial charge in [-0.05, 0) is 31.5 Å². The Morgan fingerprint density at radius 2 is 2.11 bits per heavy atom. The first-order valence-electron chi connectivity index (χ1n) is 5.75. The van der Waals surface area contributed by atoms with Crippen molar-refractivity contribution in [3.63, 3.8) is 0 Å². The predicted molar refractivity (Wildman–Crippen MR) is 78.1 cm³/mol. The van der Waals surface area contributed by atoms with Gasteiger partial charge in [-0.1, -0.05) is 28.1 Å². The molecule has 0 aromatic heterocycles. The summed E-state index contributed by atoms with van der Waals surface area (Å²) in [6.45, 7) is 4.07. The summed E-state index contributed by atoms with van der Waals surface area (Å²) >= 11 is 3.41. The summed E-state index contributed by atoms with van der Waals surface area (Å²) in [5.74, 6) is 0.359. The van der Waals surface area contributed by atoms with E-state index < -0.39 is 5.66 Å². The van der Waals surface area contributed by atoms with Crippen LogP contribution in [0.4, 0.5) is 0 Å². The van der Waals surface area contributed by atoms with Crippen molar-refractivity contribution in [3.05, 3.63) is 34.3 Å². The van der Waals surface area contributed by atoms with Crippen LogP contribution in [0.15, 0.2) is 38.7 Å².